The number of benzene rings is 2. The van der Waals surface area contributed by atoms with Crippen LogP contribution in [0.5, 0.6) is 0 Å². The number of nitrogens with zero attached hydrogens (tertiary/aromatic N) is 1. The molecule has 0 amide bonds. The summed E-state index contributed by atoms with van der Waals surface area (Å²) in [5.74, 6) is 0. The largest absolute Gasteiger partial charge is 0.434 e. The highest BCUT2D eigenvalue weighted by Crippen LogP contribution is 2.28. The van der Waals surface area contributed by atoms with Gasteiger partial charge in [-0.05, 0) is 10.8 Å². The highest BCUT2D eigenvalue weighted by atomic mass is 32.2. The van der Waals surface area contributed by atoms with Gasteiger partial charge in [0, 0.05) is 5.56 Å². The summed E-state index contributed by atoms with van der Waals surface area (Å²) >= 11 is 0.308. The molecule has 0 unspecified atom stereocenters. The van der Waals surface area contributed by atoms with E-state index in [0.29, 0.717) is 17.5 Å². The Labute approximate surface area is 106 Å². The Bertz CT molecular complexity index is 588. The van der Waals surface area contributed by atoms with Gasteiger partial charge in [-0.1, -0.05) is 42.5 Å². The molecule has 94 valence electrons. The molecular weight excluding hydrogens is 261 g/mol. The van der Waals surface area contributed by atoms with Crippen LogP contribution in [-0.4, -0.2) is 11.9 Å². The second-order valence-electron chi connectivity index (χ2n) is 3.57. The summed E-state index contributed by atoms with van der Waals surface area (Å²) in [7, 11) is 0. The molecule has 0 fully saturated rings. The van der Waals surface area contributed by atoms with Gasteiger partial charge in [0.05, 0.1) is 12.1 Å². The first-order valence-corrected chi connectivity index (χ1v) is 5.87. The summed E-state index contributed by atoms with van der Waals surface area (Å²) in [5.41, 5.74) is -0.926. The zero-order valence-corrected chi connectivity index (χ0v) is 9.92. The smallest absolute Gasteiger partial charge is 0.258 e. The molecule has 2 N–H and O–H groups in total. The summed E-state index contributed by atoms with van der Waals surface area (Å²) in [5, 5.41) is 6.27. The van der Waals surface area contributed by atoms with Crippen molar-refractivity contribution in [3.05, 3.63) is 48.0 Å². The van der Waals surface area contributed by atoms with E-state index in [-0.39, 0.29) is 5.56 Å². The number of fused-ring (bicyclic) bond motifs is 1. The van der Waals surface area contributed by atoms with Gasteiger partial charge in [-0.25, -0.2) is 0 Å². The molecule has 0 aliphatic carbocycles. The lowest BCUT2D eigenvalue weighted by atomic mass is 10.0. The van der Waals surface area contributed by atoms with E-state index in [1.807, 2.05) is 0 Å². The van der Waals surface area contributed by atoms with Crippen LogP contribution in [0.15, 0.2) is 46.9 Å². The molecule has 0 bridgehead atoms. The van der Waals surface area contributed by atoms with E-state index in [4.69, 9.17) is 5.14 Å². The van der Waals surface area contributed by atoms with Gasteiger partial charge in [-0.15, -0.1) is 0 Å². The highest BCUT2D eigenvalue weighted by Gasteiger charge is 2.37. The average molecular weight is 270 g/mol. The first-order chi connectivity index (χ1) is 8.54. The van der Waals surface area contributed by atoms with Crippen LogP contribution < -0.4 is 5.14 Å². The van der Waals surface area contributed by atoms with E-state index in [2.05, 4.69) is 4.40 Å². The summed E-state index contributed by atoms with van der Waals surface area (Å²) < 4.78 is 42.1. The molecule has 0 saturated carbocycles. The minimum atomic E-state index is -4.53. The van der Waals surface area contributed by atoms with Crippen LogP contribution in [0.4, 0.5) is 13.2 Å². The fourth-order valence-electron chi connectivity index (χ4n) is 1.74. The van der Waals surface area contributed by atoms with Crippen LogP contribution in [0.25, 0.3) is 10.8 Å². The van der Waals surface area contributed by atoms with Crippen molar-refractivity contribution in [3.63, 3.8) is 0 Å². The molecule has 6 heteroatoms. The molecule has 2 aromatic carbocycles. The quantitative estimate of drug-likeness (QED) is 0.667. The number of rotatable bonds is 2. The van der Waals surface area contributed by atoms with Crippen molar-refractivity contribution >= 4 is 28.6 Å². The van der Waals surface area contributed by atoms with Gasteiger partial charge in [0.1, 0.15) is 0 Å². The van der Waals surface area contributed by atoms with Crippen molar-refractivity contribution in [1.82, 2.24) is 0 Å². The maximum atomic E-state index is 12.9. The van der Waals surface area contributed by atoms with Gasteiger partial charge in [0.2, 0.25) is 0 Å². The molecule has 0 atom stereocenters. The molecule has 0 saturated heterocycles. The summed E-state index contributed by atoms with van der Waals surface area (Å²) in [6.45, 7) is 0. The van der Waals surface area contributed by atoms with Crippen molar-refractivity contribution in [3.8, 4) is 0 Å². The monoisotopic (exact) mass is 270 g/mol. The lowest BCUT2D eigenvalue weighted by Gasteiger charge is -2.12. The molecule has 18 heavy (non-hydrogen) atoms. The predicted octanol–water partition coefficient (Wildman–Crippen LogP) is 3.71. The van der Waals surface area contributed by atoms with E-state index in [1.54, 1.807) is 36.4 Å². The van der Waals surface area contributed by atoms with Crippen molar-refractivity contribution in [1.29, 1.82) is 0 Å². The molecular formula is C12H9F3N2S. The summed E-state index contributed by atoms with van der Waals surface area (Å²) in [4.78, 5) is 0. The normalized spacial score (nSPS) is 13.0. The minimum Gasteiger partial charge on any atom is -0.258 e. The van der Waals surface area contributed by atoms with E-state index < -0.39 is 11.9 Å². The minimum absolute atomic E-state index is 0.0403. The van der Waals surface area contributed by atoms with Gasteiger partial charge in [0.15, 0.2) is 5.71 Å². The SMILES string of the molecule is NS/N=C(\c1cccc2ccccc12)C(F)(F)F. The molecule has 0 aliphatic heterocycles. The number of halogens is 3. The maximum Gasteiger partial charge on any atom is 0.434 e. The third-order valence-electron chi connectivity index (χ3n) is 2.46. The number of alkyl halides is 3. The first kappa shape index (κ1) is 12.9. The number of nitrogens with two attached hydrogens (primary N) is 1. The number of hydrogen-bond donors (Lipinski definition) is 1. The van der Waals surface area contributed by atoms with Crippen LogP contribution >= 0.6 is 12.1 Å². The molecule has 2 rings (SSSR count). The zero-order valence-electron chi connectivity index (χ0n) is 9.11. The highest BCUT2D eigenvalue weighted by molar-refractivity contribution is 7.95. The molecule has 0 aliphatic rings. The van der Waals surface area contributed by atoms with Crippen LogP contribution in [0.3, 0.4) is 0 Å². The Balaban J connectivity index is 2.69. The average Bonchev–Trinajstić information content (AvgIpc) is 2.34. The Morgan fingerprint density at radius 2 is 1.72 bits per heavy atom. The molecule has 0 heterocycles. The molecule has 2 aromatic rings. The van der Waals surface area contributed by atoms with Crippen molar-refractivity contribution in [2.24, 2.45) is 9.54 Å². The lowest BCUT2D eigenvalue weighted by molar-refractivity contribution is -0.0577. The Hall–Kier alpha value is -1.53. The van der Waals surface area contributed by atoms with Gasteiger partial charge < -0.3 is 0 Å². The Kier molecular flexibility index (Phi) is 3.58. The molecule has 0 aromatic heterocycles. The fraction of sp³-hybridized carbons (Fsp3) is 0.0833. The third kappa shape index (κ3) is 2.49. The van der Waals surface area contributed by atoms with Crippen LogP contribution in [-0.2, 0) is 0 Å². The molecule has 2 nitrogen and oxygen atoms in total. The van der Waals surface area contributed by atoms with Crippen LogP contribution in [0, 0.1) is 0 Å². The second kappa shape index (κ2) is 4.99. The van der Waals surface area contributed by atoms with E-state index in [0.717, 1.165) is 5.39 Å². The number of hydrogen-bond acceptors (Lipinski definition) is 3. The summed E-state index contributed by atoms with van der Waals surface area (Å²) in [6, 6.07) is 11.6. The Morgan fingerprint density at radius 1 is 1.06 bits per heavy atom. The van der Waals surface area contributed by atoms with Crippen molar-refractivity contribution in [2.45, 2.75) is 6.18 Å². The van der Waals surface area contributed by atoms with E-state index in [9.17, 15) is 13.2 Å². The van der Waals surface area contributed by atoms with Crippen molar-refractivity contribution < 1.29 is 13.2 Å². The molecule has 0 spiro atoms. The van der Waals surface area contributed by atoms with E-state index >= 15 is 0 Å². The zero-order chi connectivity index (χ0) is 13.2. The van der Waals surface area contributed by atoms with Gasteiger partial charge in [0.25, 0.3) is 0 Å². The van der Waals surface area contributed by atoms with Crippen LogP contribution in [0.1, 0.15) is 5.56 Å². The van der Waals surface area contributed by atoms with Gasteiger partial charge >= 0.3 is 6.18 Å². The van der Waals surface area contributed by atoms with Gasteiger partial charge in [-0.2, -0.15) is 17.6 Å². The van der Waals surface area contributed by atoms with Crippen molar-refractivity contribution in [2.75, 3.05) is 0 Å². The Morgan fingerprint density at radius 3 is 2.39 bits per heavy atom. The van der Waals surface area contributed by atoms with E-state index in [1.165, 1.54) is 6.07 Å². The third-order valence-corrected chi connectivity index (χ3v) is 2.75. The first-order valence-electron chi connectivity index (χ1n) is 5.03. The van der Waals surface area contributed by atoms with Gasteiger partial charge in [-0.3, -0.25) is 5.14 Å². The second-order valence-corrected chi connectivity index (χ2v) is 3.96. The lowest BCUT2D eigenvalue weighted by Crippen LogP contribution is -2.24. The predicted molar refractivity (Wildman–Crippen MR) is 68.3 cm³/mol. The summed E-state index contributed by atoms with van der Waals surface area (Å²) in [6.07, 6.45) is -4.53. The topological polar surface area (TPSA) is 38.4 Å². The maximum absolute atomic E-state index is 12.9. The fourth-order valence-corrected chi connectivity index (χ4v) is 2.05. The standard InChI is InChI=1S/C12H9F3N2S/c13-12(14,15)11(17-18-16)10-7-3-5-8-4-1-2-6-9(8)10/h1-7H,16H2/b17-11+. The van der Waals surface area contributed by atoms with Crippen LogP contribution in [0.2, 0.25) is 0 Å². The molecule has 0 radical (unpaired) electrons.